The maximum Gasteiger partial charge on any atom is 0.290 e. The van der Waals surface area contributed by atoms with Gasteiger partial charge in [-0.25, -0.2) is 0 Å². The molecular formula is C17H16N2O2. The molecule has 1 amide bonds. The molecule has 0 bridgehead atoms. The fourth-order valence-corrected chi connectivity index (χ4v) is 3.09. The molecule has 21 heavy (non-hydrogen) atoms. The molecule has 1 aromatic carbocycles. The smallest absolute Gasteiger partial charge is 0.290 e. The number of carbonyl (C=O) groups excluding carboxylic acids is 1. The lowest BCUT2D eigenvalue weighted by molar-refractivity contribution is 0.0613. The summed E-state index contributed by atoms with van der Waals surface area (Å²) in [5, 5.41) is 0.967. The summed E-state index contributed by atoms with van der Waals surface area (Å²) in [6.07, 6.45) is 2.06. The van der Waals surface area contributed by atoms with Gasteiger partial charge in [0, 0.05) is 30.4 Å². The highest BCUT2D eigenvalue weighted by Crippen LogP contribution is 2.28. The first-order valence-corrected chi connectivity index (χ1v) is 7.18. The molecule has 0 saturated heterocycles. The summed E-state index contributed by atoms with van der Waals surface area (Å²) in [7, 11) is 0. The molecule has 4 rings (SSSR count). The number of benzene rings is 1. The third-order valence-electron chi connectivity index (χ3n) is 4.24. The van der Waals surface area contributed by atoms with Crippen molar-refractivity contribution >= 4 is 16.9 Å². The number of aromatic nitrogens is 1. The molecule has 0 spiro atoms. The van der Waals surface area contributed by atoms with E-state index < -0.39 is 0 Å². The Morgan fingerprint density at radius 3 is 2.90 bits per heavy atom. The van der Waals surface area contributed by atoms with Gasteiger partial charge in [0.15, 0.2) is 5.76 Å². The quantitative estimate of drug-likeness (QED) is 0.684. The van der Waals surface area contributed by atoms with Crippen LogP contribution in [0.25, 0.3) is 11.0 Å². The topological polar surface area (TPSA) is 38.4 Å². The molecule has 3 aromatic rings. The highest BCUT2D eigenvalue weighted by atomic mass is 16.3. The Morgan fingerprint density at radius 1 is 1.19 bits per heavy atom. The number of nitrogens with zero attached hydrogens (tertiary/aromatic N) is 2. The number of carbonyl (C=O) groups is 1. The fourth-order valence-electron chi connectivity index (χ4n) is 3.09. The van der Waals surface area contributed by atoms with Crippen molar-refractivity contribution in [3.63, 3.8) is 0 Å². The molecule has 1 aliphatic rings. The van der Waals surface area contributed by atoms with Crippen molar-refractivity contribution in [1.29, 1.82) is 0 Å². The lowest BCUT2D eigenvalue weighted by Crippen LogP contribution is -2.40. The summed E-state index contributed by atoms with van der Waals surface area (Å²) in [4.78, 5) is 14.6. The second kappa shape index (κ2) is 4.52. The van der Waals surface area contributed by atoms with Gasteiger partial charge in [-0.05, 0) is 31.2 Å². The van der Waals surface area contributed by atoms with E-state index in [1.807, 2.05) is 41.3 Å². The number of rotatable bonds is 1. The van der Waals surface area contributed by atoms with Crippen LogP contribution in [0.1, 0.15) is 29.2 Å². The van der Waals surface area contributed by atoms with Crippen molar-refractivity contribution in [3.8, 4) is 0 Å². The maximum atomic E-state index is 12.7. The molecular weight excluding hydrogens is 264 g/mol. The Morgan fingerprint density at radius 2 is 2.05 bits per heavy atom. The van der Waals surface area contributed by atoms with Crippen LogP contribution in [0.3, 0.4) is 0 Å². The van der Waals surface area contributed by atoms with E-state index in [4.69, 9.17) is 4.42 Å². The molecule has 3 heterocycles. The first-order chi connectivity index (χ1) is 10.2. The Bertz CT molecular complexity index is 782. The van der Waals surface area contributed by atoms with Gasteiger partial charge in [0.25, 0.3) is 5.91 Å². The first-order valence-electron chi connectivity index (χ1n) is 7.18. The summed E-state index contributed by atoms with van der Waals surface area (Å²) < 4.78 is 7.90. The number of fused-ring (bicyclic) bond motifs is 2. The minimum atomic E-state index is -0.0360. The zero-order valence-electron chi connectivity index (χ0n) is 11.8. The van der Waals surface area contributed by atoms with Gasteiger partial charge in [-0.15, -0.1) is 0 Å². The van der Waals surface area contributed by atoms with Gasteiger partial charge in [-0.3, -0.25) is 4.79 Å². The van der Waals surface area contributed by atoms with E-state index >= 15 is 0 Å². The minimum absolute atomic E-state index is 0.0360. The van der Waals surface area contributed by atoms with Crippen molar-refractivity contribution in [2.45, 2.75) is 19.5 Å². The van der Waals surface area contributed by atoms with Gasteiger partial charge >= 0.3 is 0 Å². The van der Waals surface area contributed by atoms with Gasteiger partial charge < -0.3 is 13.9 Å². The zero-order chi connectivity index (χ0) is 14.4. The van der Waals surface area contributed by atoms with Crippen molar-refractivity contribution in [1.82, 2.24) is 9.47 Å². The van der Waals surface area contributed by atoms with Crippen LogP contribution in [0.15, 0.2) is 53.1 Å². The van der Waals surface area contributed by atoms with Gasteiger partial charge in [0.1, 0.15) is 5.58 Å². The number of para-hydroxylation sites is 1. The zero-order valence-corrected chi connectivity index (χ0v) is 11.8. The number of hydrogen-bond donors (Lipinski definition) is 0. The molecule has 4 nitrogen and oxygen atoms in total. The average molecular weight is 280 g/mol. The van der Waals surface area contributed by atoms with Crippen molar-refractivity contribution < 1.29 is 9.21 Å². The van der Waals surface area contributed by atoms with E-state index in [2.05, 4.69) is 23.8 Å². The summed E-state index contributed by atoms with van der Waals surface area (Å²) in [5.74, 6) is 0.384. The van der Waals surface area contributed by atoms with Gasteiger partial charge in [0.2, 0.25) is 0 Å². The third-order valence-corrected chi connectivity index (χ3v) is 4.24. The van der Waals surface area contributed by atoms with Crippen LogP contribution in [0.5, 0.6) is 0 Å². The lowest BCUT2D eigenvalue weighted by Gasteiger charge is -2.34. The molecule has 1 atom stereocenters. The van der Waals surface area contributed by atoms with E-state index in [1.54, 1.807) is 0 Å². The van der Waals surface area contributed by atoms with Crippen molar-refractivity contribution in [2.24, 2.45) is 0 Å². The lowest BCUT2D eigenvalue weighted by atomic mass is 10.1. The fraction of sp³-hybridized carbons (Fsp3) is 0.235. The average Bonchev–Trinajstić information content (AvgIpc) is 3.13. The van der Waals surface area contributed by atoms with Crippen LogP contribution in [-0.4, -0.2) is 21.9 Å². The predicted octanol–water partition coefficient (Wildman–Crippen LogP) is 3.45. The SMILES string of the molecule is C[C@H]1c2cccn2CCN1C(=O)c1cc2ccccc2o1. The molecule has 106 valence electrons. The Hall–Kier alpha value is -2.49. The second-order valence-corrected chi connectivity index (χ2v) is 5.45. The Labute approximate surface area is 122 Å². The van der Waals surface area contributed by atoms with Crippen molar-refractivity contribution in [2.75, 3.05) is 6.54 Å². The molecule has 0 unspecified atom stereocenters. The summed E-state index contributed by atoms with van der Waals surface area (Å²) in [6, 6.07) is 13.7. The standard InChI is InChI=1S/C17H16N2O2/c1-12-14-6-4-8-18(14)9-10-19(12)17(20)16-11-13-5-2-3-7-15(13)21-16/h2-8,11-12H,9-10H2,1H3/t12-/m0/s1. The van der Waals surface area contributed by atoms with E-state index in [0.29, 0.717) is 12.3 Å². The minimum Gasteiger partial charge on any atom is -0.451 e. The van der Waals surface area contributed by atoms with Crippen LogP contribution in [0, 0.1) is 0 Å². The van der Waals surface area contributed by atoms with E-state index in [-0.39, 0.29) is 11.9 Å². The Balaban J connectivity index is 1.69. The molecule has 0 aliphatic carbocycles. The highest BCUT2D eigenvalue weighted by Gasteiger charge is 2.29. The van der Waals surface area contributed by atoms with Crippen LogP contribution >= 0.6 is 0 Å². The molecule has 0 fully saturated rings. The van der Waals surface area contributed by atoms with E-state index in [0.717, 1.165) is 17.5 Å². The summed E-state index contributed by atoms with van der Waals surface area (Å²) in [5.41, 5.74) is 1.93. The summed E-state index contributed by atoms with van der Waals surface area (Å²) >= 11 is 0. The van der Waals surface area contributed by atoms with Crippen LogP contribution in [0.4, 0.5) is 0 Å². The van der Waals surface area contributed by atoms with Gasteiger partial charge in [-0.2, -0.15) is 0 Å². The van der Waals surface area contributed by atoms with Crippen LogP contribution in [-0.2, 0) is 6.54 Å². The molecule has 0 N–H and O–H groups in total. The van der Waals surface area contributed by atoms with E-state index in [9.17, 15) is 4.79 Å². The number of hydrogen-bond acceptors (Lipinski definition) is 2. The maximum absolute atomic E-state index is 12.7. The normalized spacial score (nSPS) is 18.0. The molecule has 1 aliphatic heterocycles. The van der Waals surface area contributed by atoms with Crippen LogP contribution < -0.4 is 0 Å². The molecule has 0 radical (unpaired) electrons. The second-order valence-electron chi connectivity index (χ2n) is 5.45. The Kier molecular flexibility index (Phi) is 2.64. The van der Waals surface area contributed by atoms with E-state index in [1.165, 1.54) is 5.69 Å². The van der Waals surface area contributed by atoms with Crippen LogP contribution in [0.2, 0.25) is 0 Å². The predicted molar refractivity (Wildman–Crippen MR) is 80.1 cm³/mol. The monoisotopic (exact) mass is 280 g/mol. The summed E-state index contributed by atoms with van der Waals surface area (Å²) in [6.45, 7) is 3.60. The highest BCUT2D eigenvalue weighted by molar-refractivity contribution is 5.96. The molecule has 4 heteroatoms. The number of furan rings is 1. The molecule has 0 saturated carbocycles. The van der Waals surface area contributed by atoms with Gasteiger partial charge in [-0.1, -0.05) is 18.2 Å². The largest absolute Gasteiger partial charge is 0.451 e. The van der Waals surface area contributed by atoms with Crippen molar-refractivity contribution in [3.05, 3.63) is 60.1 Å². The number of amides is 1. The molecule has 2 aromatic heterocycles. The first kappa shape index (κ1) is 12.3. The van der Waals surface area contributed by atoms with Gasteiger partial charge in [0.05, 0.1) is 6.04 Å². The third kappa shape index (κ3) is 1.87.